The summed E-state index contributed by atoms with van der Waals surface area (Å²) in [5.74, 6) is -0.331. The monoisotopic (exact) mass is 272 g/mol. The highest BCUT2D eigenvalue weighted by molar-refractivity contribution is 5.94. The number of hydrogen-bond acceptors (Lipinski definition) is 2. The van der Waals surface area contributed by atoms with Crippen LogP contribution < -0.4 is 10.6 Å². The van der Waals surface area contributed by atoms with Crippen molar-refractivity contribution in [2.45, 2.75) is 25.1 Å². The molecule has 1 amide bonds. The fourth-order valence-electron chi connectivity index (χ4n) is 2.05. The Morgan fingerprint density at radius 3 is 2.47 bits per heavy atom. The van der Waals surface area contributed by atoms with Crippen molar-refractivity contribution in [2.24, 2.45) is 0 Å². The van der Waals surface area contributed by atoms with Crippen molar-refractivity contribution in [1.29, 1.82) is 0 Å². The number of halogens is 3. The fraction of sp³-hybridized carbons (Fsp3) is 0.462. The summed E-state index contributed by atoms with van der Waals surface area (Å²) in [6, 6.07) is 4.30. The first-order valence-electron chi connectivity index (χ1n) is 6.15. The summed E-state index contributed by atoms with van der Waals surface area (Å²) in [4.78, 5) is 11.9. The Balaban J connectivity index is 1.99. The van der Waals surface area contributed by atoms with Crippen molar-refractivity contribution < 1.29 is 18.0 Å². The van der Waals surface area contributed by atoms with Crippen molar-refractivity contribution in [3.05, 3.63) is 35.4 Å². The van der Waals surface area contributed by atoms with Crippen LogP contribution in [0.2, 0.25) is 0 Å². The molecule has 0 aliphatic carbocycles. The number of nitrogens with one attached hydrogen (secondary N) is 2. The van der Waals surface area contributed by atoms with Crippen LogP contribution in [-0.4, -0.2) is 25.0 Å². The van der Waals surface area contributed by atoms with Crippen molar-refractivity contribution in [3.8, 4) is 0 Å². The van der Waals surface area contributed by atoms with E-state index in [0.29, 0.717) is 6.54 Å². The van der Waals surface area contributed by atoms with Gasteiger partial charge in [-0.25, -0.2) is 0 Å². The SMILES string of the molecule is O=C(N[C@@H]1CCCNC1)c1ccc(C(F)(F)F)cc1. The van der Waals surface area contributed by atoms with Crippen molar-refractivity contribution in [1.82, 2.24) is 10.6 Å². The molecular weight excluding hydrogens is 257 g/mol. The van der Waals surface area contributed by atoms with Crippen LogP contribution in [0, 0.1) is 0 Å². The molecule has 1 aliphatic rings. The van der Waals surface area contributed by atoms with E-state index in [1.165, 1.54) is 12.1 Å². The molecule has 1 saturated heterocycles. The molecule has 2 N–H and O–H groups in total. The minimum atomic E-state index is -4.37. The third-order valence-corrected chi connectivity index (χ3v) is 3.11. The standard InChI is InChI=1S/C13H15F3N2O/c14-13(15,16)10-5-3-9(4-6-10)12(19)18-11-2-1-7-17-8-11/h3-6,11,17H,1-2,7-8H2,(H,18,19)/t11-/m1/s1. The zero-order valence-corrected chi connectivity index (χ0v) is 10.3. The number of carbonyl (C=O) groups is 1. The number of rotatable bonds is 2. The number of benzene rings is 1. The second-order valence-electron chi connectivity index (χ2n) is 4.59. The maximum Gasteiger partial charge on any atom is 0.416 e. The van der Waals surface area contributed by atoms with Crippen LogP contribution in [0.25, 0.3) is 0 Å². The largest absolute Gasteiger partial charge is 0.416 e. The third kappa shape index (κ3) is 3.70. The molecule has 1 aromatic carbocycles. The highest BCUT2D eigenvalue weighted by atomic mass is 19.4. The van der Waals surface area contributed by atoms with E-state index in [1.54, 1.807) is 0 Å². The summed E-state index contributed by atoms with van der Waals surface area (Å²) >= 11 is 0. The molecule has 19 heavy (non-hydrogen) atoms. The lowest BCUT2D eigenvalue weighted by molar-refractivity contribution is -0.137. The maximum atomic E-state index is 12.4. The molecule has 0 bridgehead atoms. The van der Waals surface area contributed by atoms with E-state index in [2.05, 4.69) is 10.6 Å². The average molecular weight is 272 g/mol. The lowest BCUT2D eigenvalue weighted by Crippen LogP contribution is -2.45. The summed E-state index contributed by atoms with van der Waals surface area (Å²) in [7, 11) is 0. The van der Waals surface area contributed by atoms with E-state index >= 15 is 0 Å². The topological polar surface area (TPSA) is 41.1 Å². The Bertz CT molecular complexity index is 436. The molecule has 0 aromatic heterocycles. The Morgan fingerprint density at radius 1 is 1.26 bits per heavy atom. The molecule has 1 heterocycles. The summed E-state index contributed by atoms with van der Waals surface area (Å²) in [5, 5.41) is 5.97. The molecule has 104 valence electrons. The molecule has 1 fully saturated rings. The number of hydrogen-bond donors (Lipinski definition) is 2. The van der Waals surface area contributed by atoms with E-state index < -0.39 is 11.7 Å². The normalized spacial score (nSPS) is 20.1. The molecule has 1 aromatic rings. The summed E-state index contributed by atoms with van der Waals surface area (Å²) < 4.78 is 37.2. The van der Waals surface area contributed by atoms with Crippen molar-refractivity contribution >= 4 is 5.91 Å². The van der Waals surface area contributed by atoms with Crippen LogP contribution in [0.15, 0.2) is 24.3 Å². The zero-order valence-electron chi connectivity index (χ0n) is 10.3. The lowest BCUT2D eigenvalue weighted by Gasteiger charge is -2.23. The predicted molar refractivity (Wildman–Crippen MR) is 64.8 cm³/mol. The quantitative estimate of drug-likeness (QED) is 0.866. The van der Waals surface area contributed by atoms with E-state index in [1.807, 2.05) is 0 Å². The zero-order chi connectivity index (χ0) is 13.9. The summed E-state index contributed by atoms with van der Waals surface area (Å²) in [6.45, 7) is 1.64. The fourth-order valence-corrected chi connectivity index (χ4v) is 2.05. The molecule has 1 atom stereocenters. The first kappa shape index (κ1) is 13.9. The van der Waals surface area contributed by atoms with Gasteiger partial charge < -0.3 is 10.6 Å². The molecule has 0 saturated carbocycles. The predicted octanol–water partition coefficient (Wildman–Crippen LogP) is 2.19. The van der Waals surface area contributed by atoms with Gasteiger partial charge in [0.15, 0.2) is 0 Å². The second-order valence-corrected chi connectivity index (χ2v) is 4.59. The molecule has 0 unspecified atom stereocenters. The van der Waals surface area contributed by atoms with E-state index in [4.69, 9.17) is 0 Å². The molecule has 6 heteroatoms. The van der Waals surface area contributed by atoms with Gasteiger partial charge in [-0.3, -0.25) is 4.79 Å². The van der Waals surface area contributed by atoms with Crippen LogP contribution in [0.3, 0.4) is 0 Å². The average Bonchev–Trinajstić information content (AvgIpc) is 2.39. The first-order chi connectivity index (χ1) is 8.97. The van der Waals surface area contributed by atoms with Crippen LogP contribution in [0.1, 0.15) is 28.8 Å². The second kappa shape index (κ2) is 5.61. The molecule has 0 radical (unpaired) electrons. The molecule has 1 aliphatic heterocycles. The van der Waals surface area contributed by atoms with E-state index in [9.17, 15) is 18.0 Å². The first-order valence-corrected chi connectivity index (χ1v) is 6.15. The Hall–Kier alpha value is -1.56. The molecule has 0 spiro atoms. The van der Waals surface area contributed by atoms with E-state index in [-0.39, 0.29) is 17.5 Å². The van der Waals surface area contributed by atoms with E-state index in [0.717, 1.165) is 31.5 Å². The minimum Gasteiger partial charge on any atom is -0.348 e. The number of amides is 1. The molecule has 3 nitrogen and oxygen atoms in total. The lowest BCUT2D eigenvalue weighted by atomic mass is 10.1. The number of alkyl halides is 3. The van der Waals surface area contributed by atoms with Gasteiger partial charge in [0.25, 0.3) is 5.91 Å². The number of carbonyl (C=O) groups excluding carboxylic acids is 1. The van der Waals surface area contributed by atoms with Gasteiger partial charge in [-0.1, -0.05) is 0 Å². The summed E-state index contributed by atoms with van der Waals surface area (Å²) in [6.07, 6.45) is -2.50. The molecular formula is C13H15F3N2O. The van der Waals surface area contributed by atoms with Gasteiger partial charge in [0.1, 0.15) is 0 Å². The Kier molecular flexibility index (Phi) is 4.09. The van der Waals surface area contributed by atoms with Crippen molar-refractivity contribution in [2.75, 3.05) is 13.1 Å². The molecule has 2 rings (SSSR count). The highest BCUT2D eigenvalue weighted by Gasteiger charge is 2.30. The van der Waals surface area contributed by atoms with Crippen LogP contribution in [-0.2, 0) is 6.18 Å². The van der Waals surface area contributed by atoms with Gasteiger partial charge in [0, 0.05) is 18.2 Å². The Morgan fingerprint density at radius 2 is 1.95 bits per heavy atom. The van der Waals surface area contributed by atoms with Gasteiger partial charge in [-0.2, -0.15) is 13.2 Å². The van der Waals surface area contributed by atoms with Gasteiger partial charge in [0.2, 0.25) is 0 Å². The van der Waals surface area contributed by atoms with Crippen LogP contribution >= 0.6 is 0 Å². The highest BCUT2D eigenvalue weighted by Crippen LogP contribution is 2.29. The third-order valence-electron chi connectivity index (χ3n) is 3.11. The van der Waals surface area contributed by atoms with Gasteiger partial charge in [-0.05, 0) is 43.7 Å². The maximum absolute atomic E-state index is 12.4. The van der Waals surface area contributed by atoms with Gasteiger partial charge >= 0.3 is 6.18 Å². The smallest absolute Gasteiger partial charge is 0.348 e. The van der Waals surface area contributed by atoms with Crippen LogP contribution in [0.5, 0.6) is 0 Å². The van der Waals surface area contributed by atoms with Gasteiger partial charge in [-0.15, -0.1) is 0 Å². The minimum absolute atomic E-state index is 0.0449. The summed E-state index contributed by atoms with van der Waals surface area (Å²) in [5.41, 5.74) is -0.498. The van der Waals surface area contributed by atoms with Crippen molar-refractivity contribution in [3.63, 3.8) is 0 Å². The number of piperidine rings is 1. The Labute approximate surface area is 109 Å². The van der Waals surface area contributed by atoms with Gasteiger partial charge in [0.05, 0.1) is 5.56 Å². The van der Waals surface area contributed by atoms with Crippen LogP contribution in [0.4, 0.5) is 13.2 Å².